The lowest BCUT2D eigenvalue weighted by atomic mass is 9.77. The van der Waals surface area contributed by atoms with E-state index in [9.17, 15) is 9.59 Å². The number of ether oxygens (including phenoxy) is 2. The number of hydrogen-bond acceptors (Lipinski definition) is 5. The maximum atomic E-state index is 13.2. The van der Waals surface area contributed by atoms with Crippen molar-refractivity contribution in [2.45, 2.75) is 31.6 Å². The van der Waals surface area contributed by atoms with Gasteiger partial charge in [-0.15, -0.1) is 0 Å². The normalized spacial score (nSPS) is 19.5. The van der Waals surface area contributed by atoms with E-state index in [0.29, 0.717) is 35.6 Å². The minimum Gasteiger partial charge on any atom is -0.497 e. The van der Waals surface area contributed by atoms with E-state index in [2.05, 4.69) is 4.98 Å². The van der Waals surface area contributed by atoms with Gasteiger partial charge < -0.3 is 9.47 Å². The van der Waals surface area contributed by atoms with Gasteiger partial charge in [0.15, 0.2) is 5.78 Å². The maximum Gasteiger partial charge on any atom is 0.232 e. The first-order valence-corrected chi connectivity index (χ1v) is 9.35. The fourth-order valence-corrected chi connectivity index (χ4v) is 4.16. The van der Waals surface area contributed by atoms with Crippen LogP contribution in [0.1, 0.15) is 37.2 Å². The van der Waals surface area contributed by atoms with Crippen LogP contribution in [0.2, 0.25) is 0 Å². The lowest BCUT2D eigenvalue weighted by Gasteiger charge is -2.38. The lowest BCUT2D eigenvalue weighted by Crippen LogP contribution is -2.40. The number of rotatable bonds is 4. The Balaban J connectivity index is 1.89. The molecular formula is C22H22N2O4. The SMILES string of the molecule is COc1ccc(OC)c(C2CC(=O)N(c3cccnc3)C3=C2C(=O)CCC3)c1. The first kappa shape index (κ1) is 18.2. The summed E-state index contributed by atoms with van der Waals surface area (Å²) in [7, 11) is 3.19. The van der Waals surface area contributed by atoms with Gasteiger partial charge in [0.05, 0.1) is 26.1 Å². The zero-order valence-electron chi connectivity index (χ0n) is 16.0. The minimum absolute atomic E-state index is 0.0451. The number of hydrogen-bond donors (Lipinski definition) is 0. The number of methoxy groups -OCH3 is 2. The Morgan fingerprint density at radius 3 is 2.68 bits per heavy atom. The molecule has 0 bridgehead atoms. The van der Waals surface area contributed by atoms with Gasteiger partial charge in [0.25, 0.3) is 0 Å². The van der Waals surface area contributed by atoms with E-state index in [0.717, 1.165) is 17.7 Å². The molecule has 6 nitrogen and oxygen atoms in total. The smallest absolute Gasteiger partial charge is 0.232 e. The molecule has 1 atom stereocenters. The summed E-state index contributed by atoms with van der Waals surface area (Å²) in [5.74, 6) is 1.03. The minimum atomic E-state index is -0.340. The molecule has 1 amide bonds. The van der Waals surface area contributed by atoms with Gasteiger partial charge >= 0.3 is 0 Å². The molecule has 2 aromatic rings. The van der Waals surface area contributed by atoms with Crippen molar-refractivity contribution in [1.82, 2.24) is 4.98 Å². The summed E-state index contributed by atoms with van der Waals surface area (Å²) >= 11 is 0. The van der Waals surface area contributed by atoms with E-state index >= 15 is 0 Å². The molecule has 0 fully saturated rings. The average molecular weight is 378 g/mol. The van der Waals surface area contributed by atoms with Crippen molar-refractivity contribution in [2.75, 3.05) is 19.1 Å². The molecule has 0 N–H and O–H groups in total. The van der Waals surface area contributed by atoms with Crippen LogP contribution >= 0.6 is 0 Å². The summed E-state index contributed by atoms with van der Waals surface area (Å²) in [6.45, 7) is 0. The molecule has 1 aliphatic heterocycles. The summed E-state index contributed by atoms with van der Waals surface area (Å²) in [6.07, 6.45) is 5.45. The van der Waals surface area contributed by atoms with Crippen molar-refractivity contribution < 1.29 is 19.1 Å². The summed E-state index contributed by atoms with van der Waals surface area (Å²) in [4.78, 5) is 32.0. The Kier molecular flexibility index (Phi) is 4.86. The molecule has 6 heteroatoms. The molecule has 28 heavy (non-hydrogen) atoms. The van der Waals surface area contributed by atoms with Gasteiger partial charge in [0.1, 0.15) is 11.5 Å². The molecule has 2 heterocycles. The van der Waals surface area contributed by atoms with Crippen molar-refractivity contribution in [3.8, 4) is 11.5 Å². The Morgan fingerprint density at radius 1 is 1.11 bits per heavy atom. The van der Waals surface area contributed by atoms with Crippen LogP contribution in [0.15, 0.2) is 54.0 Å². The predicted molar refractivity (Wildman–Crippen MR) is 105 cm³/mol. The van der Waals surface area contributed by atoms with Gasteiger partial charge in [0, 0.05) is 41.8 Å². The molecule has 2 aliphatic rings. The Morgan fingerprint density at radius 2 is 1.96 bits per heavy atom. The van der Waals surface area contributed by atoms with Gasteiger partial charge in [-0.2, -0.15) is 0 Å². The lowest BCUT2D eigenvalue weighted by molar-refractivity contribution is -0.119. The van der Waals surface area contributed by atoms with Gasteiger partial charge in [-0.25, -0.2) is 0 Å². The summed E-state index contributed by atoms with van der Waals surface area (Å²) in [6, 6.07) is 9.14. The number of carbonyl (C=O) groups is 2. The molecule has 0 spiro atoms. The number of nitrogens with zero attached hydrogens (tertiary/aromatic N) is 2. The number of carbonyl (C=O) groups excluding carboxylic acids is 2. The van der Waals surface area contributed by atoms with Crippen LogP contribution in [0.3, 0.4) is 0 Å². The van der Waals surface area contributed by atoms with E-state index in [4.69, 9.17) is 9.47 Å². The number of Topliss-reactive ketones (excluding diaryl/α,β-unsaturated/α-hetero) is 1. The van der Waals surface area contributed by atoms with Crippen LogP contribution in [-0.2, 0) is 9.59 Å². The highest BCUT2D eigenvalue weighted by Crippen LogP contribution is 2.46. The highest BCUT2D eigenvalue weighted by atomic mass is 16.5. The van der Waals surface area contributed by atoms with Gasteiger partial charge in [-0.05, 0) is 43.2 Å². The Labute approximate surface area is 163 Å². The first-order valence-electron chi connectivity index (χ1n) is 9.35. The molecule has 144 valence electrons. The van der Waals surface area contributed by atoms with Crippen molar-refractivity contribution in [3.05, 3.63) is 59.6 Å². The third-order valence-corrected chi connectivity index (χ3v) is 5.39. The molecule has 1 aliphatic carbocycles. The summed E-state index contributed by atoms with van der Waals surface area (Å²) in [5.41, 5.74) is 3.01. The molecule has 1 aromatic carbocycles. The van der Waals surface area contributed by atoms with Crippen LogP contribution in [0, 0.1) is 0 Å². The Bertz CT molecular complexity index is 952. The van der Waals surface area contributed by atoms with Gasteiger partial charge in [0.2, 0.25) is 5.91 Å². The summed E-state index contributed by atoms with van der Waals surface area (Å²) < 4.78 is 10.9. The number of benzene rings is 1. The molecule has 0 saturated carbocycles. The average Bonchev–Trinajstić information content (AvgIpc) is 2.73. The first-order chi connectivity index (χ1) is 13.6. The van der Waals surface area contributed by atoms with Crippen molar-refractivity contribution in [3.63, 3.8) is 0 Å². The highest BCUT2D eigenvalue weighted by Gasteiger charge is 2.40. The number of allylic oxidation sites excluding steroid dienone is 2. The molecular weight excluding hydrogens is 356 g/mol. The van der Waals surface area contributed by atoms with Crippen molar-refractivity contribution >= 4 is 17.4 Å². The van der Waals surface area contributed by atoms with E-state index < -0.39 is 0 Å². The number of anilines is 1. The number of aromatic nitrogens is 1. The van der Waals surface area contributed by atoms with E-state index in [-0.39, 0.29) is 24.0 Å². The zero-order chi connectivity index (χ0) is 19.7. The fourth-order valence-electron chi connectivity index (χ4n) is 4.16. The second-order valence-electron chi connectivity index (χ2n) is 6.94. The van der Waals surface area contributed by atoms with E-state index in [1.807, 2.05) is 24.3 Å². The second-order valence-corrected chi connectivity index (χ2v) is 6.94. The molecule has 1 aromatic heterocycles. The quantitative estimate of drug-likeness (QED) is 0.813. The third kappa shape index (κ3) is 3.05. The number of pyridine rings is 1. The van der Waals surface area contributed by atoms with E-state index in [1.165, 1.54) is 0 Å². The molecule has 4 rings (SSSR count). The Hall–Kier alpha value is -3.15. The summed E-state index contributed by atoms with van der Waals surface area (Å²) in [5, 5.41) is 0. The van der Waals surface area contributed by atoms with Gasteiger partial charge in [-0.3, -0.25) is 19.5 Å². The van der Waals surface area contributed by atoms with Crippen molar-refractivity contribution in [1.29, 1.82) is 0 Å². The second kappa shape index (κ2) is 7.46. The largest absolute Gasteiger partial charge is 0.497 e. The van der Waals surface area contributed by atoms with Crippen LogP contribution in [0.25, 0.3) is 0 Å². The van der Waals surface area contributed by atoms with Crippen molar-refractivity contribution in [2.24, 2.45) is 0 Å². The number of amides is 1. The maximum absolute atomic E-state index is 13.2. The number of ketones is 1. The topological polar surface area (TPSA) is 68.7 Å². The van der Waals surface area contributed by atoms with Gasteiger partial charge in [-0.1, -0.05) is 0 Å². The standard InChI is InChI=1S/C22H22N2O4/c1-27-15-8-9-20(28-2)16(11-15)17-12-21(26)24(14-5-4-10-23-13-14)18-6-3-7-19(25)22(17)18/h4-5,8-11,13,17H,3,6-7,12H2,1-2H3. The molecule has 0 radical (unpaired) electrons. The highest BCUT2D eigenvalue weighted by molar-refractivity contribution is 6.07. The molecule has 1 unspecified atom stereocenters. The third-order valence-electron chi connectivity index (χ3n) is 5.39. The van der Waals surface area contributed by atoms with Crippen LogP contribution < -0.4 is 14.4 Å². The van der Waals surface area contributed by atoms with Crippen LogP contribution in [0.4, 0.5) is 5.69 Å². The van der Waals surface area contributed by atoms with E-state index in [1.54, 1.807) is 37.6 Å². The zero-order valence-corrected chi connectivity index (χ0v) is 16.0. The predicted octanol–water partition coefficient (Wildman–Crippen LogP) is 3.63. The molecule has 0 saturated heterocycles. The monoisotopic (exact) mass is 378 g/mol. The fraction of sp³-hybridized carbons (Fsp3) is 0.318. The van der Waals surface area contributed by atoms with Crippen LogP contribution in [0.5, 0.6) is 11.5 Å². The van der Waals surface area contributed by atoms with Crippen LogP contribution in [-0.4, -0.2) is 30.9 Å².